The minimum Gasteiger partial charge on any atom is -0.481 e. The summed E-state index contributed by atoms with van der Waals surface area (Å²) in [5, 5.41) is 11.2. The van der Waals surface area contributed by atoms with E-state index in [1.807, 2.05) is 0 Å². The third-order valence-electron chi connectivity index (χ3n) is 3.87. The van der Waals surface area contributed by atoms with E-state index >= 15 is 0 Å². The summed E-state index contributed by atoms with van der Waals surface area (Å²) in [6.07, 6.45) is 0.258. The van der Waals surface area contributed by atoms with Gasteiger partial charge in [0.05, 0.1) is 10.6 Å². The summed E-state index contributed by atoms with van der Waals surface area (Å²) in [6, 6.07) is 14.5. The van der Waals surface area contributed by atoms with Crippen LogP contribution in [0.3, 0.4) is 0 Å². The van der Waals surface area contributed by atoms with E-state index in [9.17, 15) is 18.0 Å². The Morgan fingerprint density at radius 1 is 1.07 bits per heavy atom. The van der Waals surface area contributed by atoms with Crippen LogP contribution in [0.4, 0.5) is 5.69 Å². The van der Waals surface area contributed by atoms with Crippen molar-refractivity contribution in [2.45, 2.75) is 24.7 Å². The Labute approximate surface area is 158 Å². The van der Waals surface area contributed by atoms with E-state index in [0.717, 1.165) is 0 Å². The molecule has 2 aromatic rings. The number of amides is 1. The van der Waals surface area contributed by atoms with Crippen LogP contribution in [-0.4, -0.2) is 38.5 Å². The van der Waals surface area contributed by atoms with E-state index in [1.165, 1.54) is 28.6 Å². The molecule has 0 aliphatic carbocycles. The molecule has 0 saturated carbocycles. The Bertz CT molecular complexity index is 897. The molecule has 2 N–H and O–H groups in total. The van der Waals surface area contributed by atoms with Gasteiger partial charge in [0, 0.05) is 25.1 Å². The molecule has 0 unspecified atom stereocenters. The highest BCUT2D eigenvalue weighted by molar-refractivity contribution is 7.92. The number of carbonyl (C=O) groups excluding carboxylic acids is 1. The van der Waals surface area contributed by atoms with Gasteiger partial charge in [-0.3, -0.25) is 13.9 Å². The number of aliphatic carboxylic acids is 1. The summed E-state index contributed by atoms with van der Waals surface area (Å²) in [5.74, 6) is -1.38. The van der Waals surface area contributed by atoms with Crippen molar-refractivity contribution >= 4 is 27.6 Å². The first-order valence-corrected chi connectivity index (χ1v) is 9.98. The molecule has 1 amide bonds. The number of carboxylic acid groups (broad SMARTS) is 1. The zero-order valence-corrected chi connectivity index (χ0v) is 15.8. The minimum absolute atomic E-state index is 0.0198. The molecular weight excluding hydrogens is 368 g/mol. The molecule has 144 valence electrons. The topological polar surface area (TPSA) is 104 Å². The lowest BCUT2D eigenvalue weighted by molar-refractivity contribution is -0.137. The number of rotatable bonds is 9. The maximum atomic E-state index is 13.0. The molecule has 0 aromatic heterocycles. The van der Waals surface area contributed by atoms with Gasteiger partial charge >= 0.3 is 5.97 Å². The Morgan fingerprint density at radius 2 is 1.78 bits per heavy atom. The zero-order chi connectivity index (χ0) is 19.9. The maximum absolute atomic E-state index is 13.0. The Balaban J connectivity index is 2.20. The average Bonchev–Trinajstić information content (AvgIpc) is 2.66. The van der Waals surface area contributed by atoms with Gasteiger partial charge in [-0.05, 0) is 43.7 Å². The summed E-state index contributed by atoms with van der Waals surface area (Å²) in [6.45, 7) is 2.19. The summed E-state index contributed by atoms with van der Waals surface area (Å²) < 4.78 is 27.3. The second-order valence-electron chi connectivity index (χ2n) is 5.79. The van der Waals surface area contributed by atoms with Crippen molar-refractivity contribution in [2.75, 3.05) is 17.4 Å². The lowest BCUT2D eigenvalue weighted by atomic mass is 10.2. The fourth-order valence-electron chi connectivity index (χ4n) is 2.55. The number of nitrogens with zero attached hydrogens (tertiary/aromatic N) is 1. The molecule has 8 heteroatoms. The molecule has 2 rings (SSSR count). The van der Waals surface area contributed by atoms with Gasteiger partial charge < -0.3 is 10.4 Å². The van der Waals surface area contributed by atoms with E-state index in [1.54, 1.807) is 37.3 Å². The molecule has 0 aliphatic heterocycles. The number of para-hydroxylation sites is 1. The van der Waals surface area contributed by atoms with Crippen molar-refractivity contribution in [1.82, 2.24) is 5.32 Å². The number of hydrogen-bond donors (Lipinski definition) is 2. The molecular formula is C19H22N2O5S. The average molecular weight is 390 g/mol. The van der Waals surface area contributed by atoms with Crippen LogP contribution in [0.5, 0.6) is 0 Å². The van der Waals surface area contributed by atoms with E-state index in [-0.39, 0.29) is 30.0 Å². The number of hydrogen-bond acceptors (Lipinski definition) is 4. The minimum atomic E-state index is -3.82. The zero-order valence-electron chi connectivity index (χ0n) is 15.0. The van der Waals surface area contributed by atoms with E-state index in [0.29, 0.717) is 12.1 Å². The smallest absolute Gasteiger partial charge is 0.303 e. The predicted octanol–water partition coefficient (Wildman–Crippen LogP) is 2.50. The van der Waals surface area contributed by atoms with Crippen molar-refractivity contribution < 1.29 is 23.1 Å². The van der Waals surface area contributed by atoms with Crippen molar-refractivity contribution in [2.24, 2.45) is 0 Å². The highest BCUT2D eigenvalue weighted by Gasteiger charge is 2.24. The number of benzene rings is 2. The summed E-state index contributed by atoms with van der Waals surface area (Å²) in [5.41, 5.74) is 0.749. The Kier molecular flexibility index (Phi) is 6.95. The molecule has 27 heavy (non-hydrogen) atoms. The second kappa shape index (κ2) is 9.18. The van der Waals surface area contributed by atoms with Crippen LogP contribution in [0.25, 0.3) is 0 Å². The van der Waals surface area contributed by atoms with Crippen LogP contribution in [0.1, 0.15) is 30.1 Å². The van der Waals surface area contributed by atoms with Gasteiger partial charge in [-0.1, -0.05) is 24.3 Å². The van der Waals surface area contributed by atoms with Gasteiger partial charge in [0.2, 0.25) is 0 Å². The van der Waals surface area contributed by atoms with Crippen molar-refractivity contribution in [3.8, 4) is 0 Å². The van der Waals surface area contributed by atoms with E-state index < -0.39 is 21.9 Å². The van der Waals surface area contributed by atoms with Crippen LogP contribution >= 0.6 is 0 Å². The second-order valence-corrected chi connectivity index (χ2v) is 7.65. The standard InChI is InChI=1S/C19H22N2O5S/c1-2-21(16-9-4-3-5-10-16)27(25,26)17-11-6-8-15(14-17)19(24)20-13-7-12-18(22)23/h3-6,8-11,14H,2,7,12-13H2,1H3,(H,20,24)(H,22,23). The highest BCUT2D eigenvalue weighted by atomic mass is 32.2. The number of carbonyl (C=O) groups is 2. The molecule has 0 aliphatic rings. The molecule has 0 atom stereocenters. The molecule has 0 heterocycles. The fourth-order valence-corrected chi connectivity index (χ4v) is 4.07. The Hall–Kier alpha value is -2.87. The van der Waals surface area contributed by atoms with Crippen LogP contribution in [0.2, 0.25) is 0 Å². The summed E-state index contributed by atoms with van der Waals surface area (Å²) in [7, 11) is -3.82. The van der Waals surface area contributed by atoms with Crippen molar-refractivity contribution in [1.29, 1.82) is 0 Å². The van der Waals surface area contributed by atoms with E-state index in [4.69, 9.17) is 5.11 Å². The van der Waals surface area contributed by atoms with Crippen LogP contribution in [0, 0.1) is 0 Å². The molecule has 0 spiro atoms. The van der Waals surface area contributed by atoms with Gasteiger partial charge in [-0.15, -0.1) is 0 Å². The van der Waals surface area contributed by atoms with Gasteiger partial charge in [0.1, 0.15) is 0 Å². The maximum Gasteiger partial charge on any atom is 0.303 e. The predicted molar refractivity (Wildman–Crippen MR) is 102 cm³/mol. The number of sulfonamides is 1. The number of nitrogens with one attached hydrogen (secondary N) is 1. The molecule has 2 aromatic carbocycles. The first-order valence-electron chi connectivity index (χ1n) is 8.54. The molecule has 0 saturated heterocycles. The monoisotopic (exact) mass is 390 g/mol. The largest absolute Gasteiger partial charge is 0.481 e. The third-order valence-corrected chi connectivity index (χ3v) is 5.77. The van der Waals surface area contributed by atoms with Gasteiger partial charge in [0.25, 0.3) is 15.9 Å². The first kappa shape index (κ1) is 20.4. The Morgan fingerprint density at radius 3 is 2.41 bits per heavy atom. The van der Waals surface area contributed by atoms with Crippen LogP contribution < -0.4 is 9.62 Å². The molecule has 0 radical (unpaired) electrons. The first-order chi connectivity index (χ1) is 12.9. The lowest BCUT2D eigenvalue weighted by Crippen LogP contribution is -2.31. The van der Waals surface area contributed by atoms with Crippen molar-refractivity contribution in [3.05, 3.63) is 60.2 Å². The van der Waals surface area contributed by atoms with Gasteiger partial charge in [0.15, 0.2) is 0 Å². The van der Waals surface area contributed by atoms with E-state index in [2.05, 4.69) is 5.32 Å². The van der Waals surface area contributed by atoms with Crippen LogP contribution in [-0.2, 0) is 14.8 Å². The summed E-state index contributed by atoms with van der Waals surface area (Å²) >= 11 is 0. The molecule has 7 nitrogen and oxygen atoms in total. The number of anilines is 1. The van der Waals surface area contributed by atoms with Crippen LogP contribution in [0.15, 0.2) is 59.5 Å². The third kappa shape index (κ3) is 5.30. The highest BCUT2D eigenvalue weighted by Crippen LogP contribution is 2.23. The molecule has 0 bridgehead atoms. The summed E-state index contributed by atoms with van der Waals surface area (Å²) in [4.78, 5) is 22.7. The number of carboxylic acids is 1. The van der Waals surface area contributed by atoms with Crippen molar-refractivity contribution in [3.63, 3.8) is 0 Å². The normalized spacial score (nSPS) is 11.0. The quantitative estimate of drug-likeness (QED) is 0.640. The fraction of sp³-hybridized carbons (Fsp3) is 0.263. The van der Waals surface area contributed by atoms with Gasteiger partial charge in [-0.25, -0.2) is 8.42 Å². The van der Waals surface area contributed by atoms with Gasteiger partial charge in [-0.2, -0.15) is 0 Å². The molecule has 0 fully saturated rings. The SMILES string of the molecule is CCN(c1ccccc1)S(=O)(=O)c1cccc(C(=O)NCCCC(=O)O)c1. The lowest BCUT2D eigenvalue weighted by Gasteiger charge is -2.23.